The zero-order chi connectivity index (χ0) is 27.1. The fourth-order valence-corrected chi connectivity index (χ4v) is 4.37. The molecule has 0 saturated carbocycles. The highest BCUT2D eigenvalue weighted by Gasteiger charge is 2.18. The van der Waals surface area contributed by atoms with E-state index in [-0.39, 0.29) is 17.2 Å². The molecule has 4 rings (SSSR count). The highest BCUT2D eigenvalue weighted by Crippen LogP contribution is 2.24. The van der Waals surface area contributed by atoms with Gasteiger partial charge in [0, 0.05) is 49.5 Å². The van der Waals surface area contributed by atoms with E-state index >= 15 is 0 Å². The number of amides is 2. The van der Waals surface area contributed by atoms with Crippen LogP contribution in [0.5, 0.6) is 0 Å². The number of hydrogen-bond donors (Lipinski definition) is 3. The summed E-state index contributed by atoms with van der Waals surface area (Å²) >= 11 is 0. The molecular formula is C31H38N4O3. The third-order valence-electron chi connectivity index (χ3n) is 6.84. The smallest absolute Gasteiger partial charge is 0.255 e. The van der Waals surface area contributed by atoms with Crippen LogP contribution in [0.4, 0.5) is 5.69 Å². The molecule has 1 heterocycles. The largest absolute Gasteiger partial charge is 0.379 e. The zero-order valence-electron chi connectivity index (χ0n) is 22.5. The minimum Gasteiger partial charge on any atom is -0.379 e. The van der Waals surface area contributed by atoms with Gasteiger partial charge in [0.25, 0.3) is 11.8 Å². The topological polar surface area (TPSA) is 96.7 Å². The van der Waals surface area contributed by atoms with E-state index in [4.69, 9.17) is 10.5 Å². The number of anilines is 1. The summed E-state index contributed by atoms with van der Waals surface area (Å²) in [5.74, 6) is -0.401. The maximum absolute atomic E-state index is 13.2. The van der Waals surface area contributed by atoms with Crippen LogP contribution in [0.3, 0.4) is 0 Å². The van der Waals surface area contributed by atoms with Gasteiger partial charge < -0.3 is 21.1 Å². The summed E-state index contributed by atoms with van der Waals surface area (Å²) in [6.45, 7) is 11.0. The molecule has 0 atom stereocenters. The van der Waals surface area contributed by atoms with Crippen LogP contribution < -0.4 is 16.4 Å². The molecule has 1 aliphatic heterocycles. The van der Waals surface area contributed by atoms with Gasteiger partial charge in [0.1, 0.15) is 0 Å². The van der Waals surface area contributed by atoms with E-state index in [9.17, 15) is 9.59 Å². The molecule has 200 valence electrons. The predicted octanol–water partition coefficient (Wildman–Crippen LogP) is 4.46. The lowest BCUT2D eigenvalue weighted by atomic mass is 9.86. The van der Waals surface area contributed by atoms with Gasteiger partial charge >= 0.3 is 0 Å². The molecule has 7 nitrogen and oxygen atoms in total. The summed E-state index contributed by atoms with van der Waals surface area (Å²) in [7, 11) is 0. The number of benzene rings is 3. The van der Waals surface area contributed by atoms with Crippen LogP contribution in [-0.2, 0) is 29.8 Å². The summed E-state index contributed by atoms with van der Waals surface area (Å²) in [5.41, 5.74) is 11.5. The Hall–Kier alpha value is -3.52. The number of nitrogens with two attached hydrogens (primary N) is 1. The lowest BCUT2D eigenvalue weighted by Gasteiger charge is -2.27. The van der Waals surface area contributed by atoms with E-state index in [0.29, 0.717) is 49.7 Å². The van der Waals surface area contributed by atoms with E-state index in [0.717, 1.165) is 29.8 Å². The minimum atomic E-state index is -0.203. The molecule has 38 heavy (non-hydrogen) atoms. The zero-order valence-corrected chi connectivity index (χ0v) is 22.5. The monoisotopic (exact) mass is 514 g/mol. The van der Waals surface area contributed by atoms with Crippen molar-refractivity contribution >= 4 is 17.5 Å². The number of nitrogens with zero attached hydrogens (tertiary/aromatic N) is 1. The van der Waals surface area contributed by atoms with Crippen molar-refractivity contribution in [3.63, 3.8) is 0 Å². The number of nitrogens with one attached hydrogen (secondary N) is 2. The number of carbonyl (C=O) groups is 2. The molecule has 7 heteroatoms. The highest BCUT2D eigenvalue weighted by molar-refractivity contribution is 6.05. The third kappa shape index (κ3) is 7.28. The molecule has 1 aliphatic rings. The first kappa shape index (κ1) is 27.5. The first-order valence-electron chi connectivity index (χ1n) is 13.1. The normalized spacial score (nSPS) is 14.2. The molecule has 1 fully saturated rings. The second-order valence-electron chi connectivity index (χ2n) is 10.7. The average molecular weight is 515 g/mol. The van der Waals surface area contributed by atoms with E-state index in [1.807, 2.05) is 60.7 Å². The number of carbonyl (C=O) groups excluding carboxylic acids is 2. The average Bonchev–Trinajstić information content (AvgIpc) is 2.93. The lowest BCUT2D eigenvalue weighted by molar-refractivity contribution is 0.0342. The molecule has 0 bridgehead atoms. The van der Waals surface area contributed by atoms with Gasteiger partial charge in [-0.1, -0.05) is 63.2 Å². The van der Waals surface area contributed by atoms with E-state index in [2.05, 4.69) is 36.3 Å². The maximum Gasteiger partial charge on any atom is 0.255 e. The number of ether oxygens (including phenoxy) is 1. The molecule has 1 saturated heterocycles. The molecule has 2 amide bonds. The van der Waals surface area contributed by atoms with Gasteiger partial charge in [-0.3, -0.25) is 14.5 Å². The van der Waals surface area contributed by atoms with E-state index < -0.39 is 0 Å². The van der Waals surface area contributed by atoms with E-state index in [1.54, 1.807) is 6.07 Å². The molecule has 3 aromatic rings. The Balaban J connectivity index is 1.52. The molecule has 0 unspecified atom stereocenters. The van der Waals surface area contributed by atoms with Crippen LogP contribution in [0, 0.1) is 0 Å². The lowest BCUT2D eigenvalue weighted by Crippen LogP contribution is -2.36. The molecule has 0 aliphatic carbocycles. The summed E-state index contributed by atoms with van der Waals surface area (Å²) in [6.07, 6.45) is 0. The Kier molecular flexibility index (Phi) is 8.94. The van der Waals surface area contributed by atoms with Crippen molar-refractivity contribution < 1.29 is 14.3 Å². The quantitative estimate of drug-likeness (QED) is 0.413. The van der Waals surface area contributed by atoms with Gasteiger partial charge in [-0.2, -0.15) is 0 Å². The standard InChI is InChI=1S/C31H38N4O3/c1-31(2,3)27-12-10-24(11-13-27)30(37)34-28-18-25(8-9-26(28)21-35-14-16-38-17-15-35)29(36)33-20-23-6-4-22(19-32)5-7-23/h4-13,18H,14-17,19-21,32H2,1-3H3,(H,33,36)(H,34,37). The molecule has 0 aromatic heterocycles. The van der Waals surface area contributed by atoms with Crippen molar-refractivity contribution in [2.24, 2.45) is 5.73 Å². The Morgan fingerprint density at radius 2 is 1.50 bits per heavy atom. The molecule has 0 radical (unpaired) electrons. The second-order valence-corrected chi connectivity index (χ2v) is 10.7. The van der Waals surface area contributed by atoms with Gasteiger partial charge in [-0.25, -0.2) is 0 Å². The Morgan fingerprint density at radius 3 is 2.13 bits per heavy atom. The molecule has 0 spiro atoms. The third-order valence-corrected chi connectivity index (χ3v) is 6.84. The fraction of sp³-hybridized carbons (Fsp3) is 0.355. The van der Waals surface area contributed by atoms with Crippen LogP contribution >= 0.6 is 0 Å². The van der Waals surface area contributed by atoms with Crippen LogP contribution in [0.15, 0.2) is 66.7 Å². The van der Waals surface area contributed by atoms with Crippen molar-refractivity contribution in [2.75, 3.05) is 31.6 Å². The summed E-state index contributed by atoms with van der Waals surface area (Å²) < 4.78 is 5.48. The Labute approximate surface area is 225 Å². The number of morpholine rings is 1. The first-order chi connectivity index (χ1) is 18.2. The number of rotatable bonds is 8. The van der Waals surface area contributed by atoms with Crippen molar-refractivity contribution in [1.82, 2.24) is 10.2 Å². The Bertz CT molecular complexity index is 1240. The van der Waals surface area contributed by atoms with Crippen LogP contribution in [0.25, 0.3) is 0 Å². The van der Waals surface area contributed by atoms with Crippen LogP contribution in [0.1, 0.15) is 63.7 Å². The first-order valence-corrected chi connectivity index (χ1v) is 13.1. The van der Waals surface area contributed by atoms with Crippen molar-refractivity contribution in [3.05, 3.63) is 100 Å². The second kappa shape index (κ2) is 12.3. The SMILES string of the molecule is CC(C)(C)c1ccc(C(=O)Nc2cc(C(=O)NCc3ccc(CN)cc3)ccc2CN2CCOCC2)cc1. The summed E-state index contributed by atoms with van der Waals surface area (Å²) in [5, 5.41) is 6.04. The van der Waals surface area contributed by atoms with Crippen LogP contribution in [-0.4, -0.2) is 43.0 Å². The summed E-state index contributed by atoms with van der Waals surface area (Å²) in [4.78, 5) is 28.5. The van der Waals surface area contributed by atoms with Gasteiger partial charge in [-0.05, 0) is 51.9 Å². The maximum atomic E-state index is 13.2. The minimum absolute atomic E-state index is 0.00841. The number of hydrogen-bond acceptors (Lipinski definition) is 5. The summed E-state index contributed by atoms with van der Waals surface area (Å²) in [6, 6.07) is 21.1. The fourth-order valence-electron chi connectivity index (χ4n) is 4.37. The van der Waals surface area contributed by atoms with Gasteiger partial charge in [-0.15, -0.1) is 0 Å². The predicted molar refractivity (Wildman–Crippen MR) is 151 cm³/mol. The molecular weight excluding hydrogens is 476 g/mol. The van der Waals surface area contributed by atoms with E-state index in [1.165, 1.54) is 5.56 Å². The van der Waals surface area contributed by atoms with Crippen LogP contribution in [0.2, 0.25) is 0 Å². The van der Waals surface area contributed by atoms with Gasteiger partial charge in [0.05, 0.1) is 13.2 Å². The highest BCUT2D eigenvalue weighted by atomic mass is 16.5. The molecule has 4 N–H and O–H groups in total. The van der Waals surface area contributed by atoms with Crippen molar-refractivity contribution in [1.29, 1.82) is 0 Å². The Morgan fingerprint density at radius 1 is 0.868 bits per heavy atom. The van der Waals surface area contributed by atoms with Crippen molar-refractivity contribution in [3.8, 4) is 0 Å². The van der Waals surface area contributed by atoms with Gasteiger partial charge in [0.15, 0.2) is 0 Å². The van der Waals surface area contributed by atoms with Crippen molar-refractivity contribution in [2.45, 2.75) is 45.8 Å². The van der Waals surface area contributed by atoms with Gasteiger partial charge in [0.2, 0.25) is 0 Å². The molecule has 3 aromatic carbocycles.